The van der Waals surface area contributed by atoms with E-state index in [1.54, 1.807) is 0 Å². The third-order valence-electron chi connectivity index (χ3n) is 3.53. The molecule has 1 saturated carbocycles. The van der Waals surface area contributed by atoms with Crippen LogP contribution in [0.4, 0.5) is 0 Å². The third kappa shape index (κ3) is 7.21. The van der Waals surface area contributed by atoms with Gasteiger partial charge in [-0.3, -0.25) is 0 Å². The van der Waals surface area contributed by atoms with Crippen LogP contribution in [0.5, 0.6) is 0 Å². The normalized spacial score (nSPS) is 19.9. The fourth-order valence-corrected chi connectivity index (χ4v) is 2.45. The maximum atomic E-state index is 8.40. The van der Waals surface area contributed by atoms with E-state index >= 15 is 0 Å². The van der Waals surface area contributed by atoms with Gasteiger partial charge >= 0.3 is 0 Å². The number of nitrogens with one attached hydrogen (secondary N) is 1. The molecule has 0 radical (unpaired) electrons. The van der Waals surface area contributed by atoms with Crippen molar-refractivity contribution in [2.45, 2.75) is 70.3 Å². The molecule has 0 spiro atoms. The van der Waals surface area contributed by atoms with Gasteiger partial charge in [0, 0.05) is 12.5 Å². The first kappa shape index (κ1) is 14.3. The Labute approximate surface area is 105 Å². The second kappa shape index (κ2) is 9.28. The summed E-state index contributed by atoms with van der Waals surface area (Å²) in [5, 5.41) is 15.0. The predicted molar refractivity (Wildman–Crippen MR) is 71.4 cm³/mol. The van der Waals surface area contributed by atoms with Crippen LogP contribution < -0.4 is 11.1 Å². The number of unbranched alkanes of at least 4 members (excludes halogenated alkanes) is 1. The molecule has 1 fully saturated rings. The van der Waals surface area contributed by atoms with Gasteiger partial charge in [0.05, 0.1) is 0 Å². The SMILES string of the molecule is NC(CCCCNC1CCCCCCC1)=NO. The minimum absolute atomic E-state index is 0.343. The highest BCUT2D eigenvalue weighted by molar-refractivity contribution is 5.79. The summed E-state index contributed by atoms with van der Waals surface area (Å²) in [5.41, 5.74) is 5.42. The first-order chi connectivity index (χ1) is 8.33. The lowest BCUT2D eigenvalue weighted by Gasteiger charge is -2.21. The van der Waals surface area contributed by atoms with E-state index in [4.69, 9.17) is 10.9 Å². The van der Waals surface area contributed by atoms with Gasteiger partial charge in [-0.25, -0.2) is 0 Å². The van der Waals surface area contributed by atoms with Crippen molar-refractivity contribution in [2.75, 3.05) is 6.54 Å². The Morgan fingerprint density at radius 1 is 1.12 bits per heavy atom. The van der Waals surface area contributed by atoms with E-state index in [1.165, 1.54) is 44.9 Å². The Morgan fingerprint density at radius 2 is 1.76 bits per heavy atom. The summed E-state index contributed by atoms with van der Waals surface area (Å²) in [6.07, 6.45) is 12.4. The van der Waals surface area contributed by atoms with Gasteiger partial charge in [0.2, 0.25) is 0 Å². The van der Waals surface area contributed by atoms with Crippen LogP contribution in [0.2, 0.25) is 0 Å². The predicted octanol–water partition coefficient (Wildman–Crippen LogP) is 2.61. The van der Waals surface area contributed by atoms with Gasteiger partial charge in [0.25, 0.3) is 0 Å². The molecule has 4 heteroatoms. The van der Waals surface area contributed by atoms with Gasteiger partial charge in [0.15, 0.2) is 0 Å². The van der Waals surface area contributed by atoms with Crippen LogP contribution in [0.15, 0.2) is 5.16 Å². The Balaban J connectivity index is 2.00. The monoisotopic (exact) mass is 241 g/mol. The van der Waals surface area contributed by atoms with Crippen molar-refractivity contribution in [2.24, 2.45) is 10.9 Å². The second-order valence-electron chi connectivity index (χ2n) is 5.04. The summed E-state index contributed by atoms with van der Waals surface area (Å²) in [6, 6.07) is 0.721. The van der Waals surface area contributed by atoms with Crippen LogP contribution in [-0.4, -0.2) is 23.6 Å². The van der Waals surface area contributed by atoms with Crippen molar-refractivity contribution in [1.29, 1.82) is 0 Å². The van der Waals surface area contributed by atoms with E-state index in [9.17, 15) is 0 Å². The molecule has 0 saturated heterocycles. The van der Waals surface area contributed by atoms with Crippen LogP contribution in [0.1, 0.15) is 64.2 Å². The first-order valence-corrected chi connectivity index (χ1v) is 7.02. The molecular weight excluding hydrogens is 214 g/mol. The molecule has 1 rings (SSSR count). The molecule has 1 aliphatic carbocycles. The highest BCUT2D eigenvalue weighted by Crippen LogP contribution is 2.17. The molecule has 0 bridgehead atoms. The number of amidine groups is 1. The lowest BCUT2D eigenvalue weighted by Crippen LogP contribution is -2.30. The van der Waals surface area contributed by atoms with E-state index in [0.717, 1.165) is 25.4 Å². The molecule has 0 amide bonds. The molecule has 0 aromatic heterocycles. The summed E-state index contributed by atoms with van der Waals surface area (Å²) in [4.78, 5) is 0. The number of nitrogens with zero attached hydrogens (tertiary/aromatic N) is 1. The van der Waals surface area contributed by atoms with Crippen molar-refractivity contribution in [3.05, 3.63) is 0 Å². The van der Waals surface area contributed by atoms with Crippen molar-refractivity contribution >= 4 is 5.84 Å². The van der Waals surface area contributed by atoms with Gasteiger partial charge < -0.3 is 16.3 Å². The Kier molecular flexibility index (Phi) is 7.80. The number of nitrogens with two attached hydrogens (primary N) is 1. The standard InChI is InChI=1S/C13H27N3O/c14-13(16-17)10-6-7-11-15-12-8-4-2-1-3-5-9-12/h12,15,17H,1-11H2,(H2,14,16). The van der Waals surface area contributed by atoms with Crippen molar-refractivity contribution in [1.82, 2.24) is 5.32 Å². The van der Waals surface area contributed by atoms with E-state index in [2.05, 4.69) is 10.5 Å². The largest absolute Gasteiger partial charge is 0.409 e. The van der Waals surface area contributed by atoms with E-state index in [0.29, 0.717) is 12.3 Å². The van der Waals surface area contributed by atoms with Crippen LogP contribution >= 0.6 is 0 Å². The minimum atomic E-state index is 0.343. The molecule has 4 nitrogen and oxygen atoms in total. The highest BCUT2D eigenvalue weighted by Gasteiger charge is 2.09. The summed E-state index contributed by atoms with van der Waals surface area (Å²) in [5.74, 6) is 0.343. The van der Waals surface area contributed by atoms with E-state index in [1.807, 2.05) is 0 Å². The van der Waals surface area contributed by atoms with Gasteiger partial charge in [0.1, 0.15) is 5.84 Å². The fourth-order valence-electron chi connectivity index (χ4n) is 2.45. The quantitative estimate of drug-likeness (QED) is 0.220. The Morgan fingerprint density at radius 3 is 2.41 bits per heavy atom. The molecule has 0 aromatic carbocycles. The average Bonchev–Trinajstić information content (AvgIpc) is 2.30. The summed E-state index contributed by atoms with van der Waals surface area (Å²) in [7, 11) is 0. The highest BCUT2D eigenvalue weighted by atomic mass is 16.4. The summed E-state index contributed by atoms with van der Waals surface area (Å²) >= 11 is 0. The zero-order valence-corrected chi connectivity index (χ0v) is 10.8. The second-order valence-corrected chi connectivity index (χ2v) is 5.04. The molecule has 0 atom stereocenters. The van der Waals surface area contributed by atoms with Gasteiger partial charge in [-0.15, -0.1) is 0 Å². The molecule has 100 valence electrons. The zero-order chi connectivity index (χ0) is 12.3. The maximum absolute atomic E-state index is 8.40. The number of rotatable bonds is 6. The fraction of sp³-hybridized carbons (Fsp3) is 0.923. The van der Waals surface area contributed by atoms with Gasteiger partial charge in [-0.1, -0.05) is 37.3 Å². The van der Waals surface area contributed by atoms with Crippen molar-refractivity contribution < 1.29 is 5.21 Å². The molecule has 0 heterocycles. The molecular formula is C13H27N3O. The van der Waals surface area contributed by atoms with Crippen LogP contribution in [-0.2, 0) is 0 Å². The minimum Gasteiger partial charge on any atom is -0.409 e. The third-order valence-corrected chi connectivity index (χ3v) is 3.53. The topological polar surface area (TPSA) is 70.6 Å². The summed E-state index contributed by atoms with van der Waals surface area (Å²) in [6.45, 7) is 1.06. The Bertz CT molecular complexity index is 211. The van der Waals surface area contributed by atoms with Crippen molar-refractivity contribution in [3.63, 3.8) is 0 Å². The van der Waals surface area contributed by atoms with Crippen LogP contribution in [0.3, 0.4) is 0 Å². The molecule has 4 N–H and O–H groups in total. The molecule has 1 aliphatic rings. The molecule has 17 heavy (non-hydrogen) atoms. The molecule has 0 aromatic rings. The van der Waals surface area contributed by atoms with E-state index in [-0.39, 0.29) is 0 Å². The first-order valence-electron chi connectivity index (χ1n) is 7.02. The van der Waals surface area contributed by atoms with E-state index < -0.39 is 0 Å². The van der Waals surface area contributed by atoms with Crippen molar-refractivity contribution in [3.8, 4) is 0 Å². The number of hydrogen-bond acceptors (Lipinski definition) is 3. The zero-order valence-electron chi connectivity index (χ0n) is 10.8. The smallest absolute Gasteiger partial charge is 0.139 e. The van der Waals surface area contributed by atoms with Gasteiger partial charge in [-0.05, 0) is 32.2 Å². The maximum Gasteiger partial charge on any atom is 0.139 e. The summed E-state index contributed by atoms with van der Waals surface area (Å²) < 4.78 is 0. The number of oxime groups is 1. The van der Waals surface area contributed by atoms with Gasteiger partial charge in [-0.2, -0.15) is 0 Å². The number of hydrogen-bond donors (Lipinski definition) is 3. The average molecular weight is 241 g/mol. The van der Waals surface area contributed by atoms with Crippen LogP contribution in [0.25, 0.3) is 0 Å². The molecule has 0 unspecified atom stereocenters. The lowest BCUT2D eigenvalue weighted by molar-refractivity contribution is 0.316. The molecule has 0 aliphatic heterocycles. The van der Waals surface area contributed by atoms with Crippen LogP contribution in [0, 0.1) is 0 Å². The Hall–Kier alpha value is -0.770. The lowest BCUT2D eigenvalue weighted by atomic mass is 9.96.